The fraction of sp³-hybridized carbons (Fsp3) is 0.0526. The molecule has 0 N–H and O–H groups in total. The second kappa shape index (κ2) is 19.0. The molecule has 0 aliphatic carbocycles. The Morgan fingerprint density at radius 3 is 0.911 bits per heavy atom. The molecule has 0 aliphatic heterocycles. The summed E-state index contributed by atoms with van der Waals surface area (Å²) in [5.41, 5.74) is 5.54. The first-order chi connectivity index (χ1) is 22.3. The number of rotatable bonds is 9. The van der Waals surface area contributed by atoms with Gasteiger partial charge in [0.2, 0.25) is 0 Å². The third-order valence-corrected chi connectivity index (χ3v) is 14.3. The third-order valence-electron chi connectivity index (χ3n) is 7.36. The van der Waals surface area contributed by atoms with Gasteiger partial charge in [0.25, 0.3) is 0 Å². The molecule has 7 heteroatoms. The fourth-order valence-electron chi connectivity index (χ4n) is 5.30. The van der Waals surface area contributed by atoms with Crippen LogP contribution in [-0.4, -0.2) is 8.02 Å². The van der Waals surface area contributed by atoms with E-state index in [9.17, 15) is 0 Å². The topological polar surface area (TPSA) is 0 Å². The summed E-state index contributed by atoms with van der Waals surface area (Å²) in [7, 11) is 0.630. The molecule has 6 aromatic carbocycles. The van der Waals surface area contributed by atoms with Crippen molar-refractivity contribution in [2.75, 3.05) is 0 Å². The van der Waals surface area contributed by atoms with Gasteiger partial charge in [-0.05, 0) is 59.3 Å². The summed E-state index contributed by atoms with van der Waals surface area (Å²) < 4.78 is 4.01. The maximum atomic E-state index is 2.34. The van der Waals surface area contributed by atoms with E-state index < -0.39 is 15.8 Å². The zero-order valence-corrected chi connectivity index (χ0v) is 31.7. The molecule has 0 aliphatic rings. The van der Waals surface area contributed by atoms with Crippen LogP contribution in [0.3, 0.4) is 0 Å². The minimum Gasteiger partial charge on any atom is -0.0622 e. The molecule has 0 aromatic heterocycles. The van der Waals surface area contributed by atoms with Gasteiger partial charge in [0.1, 0.15) is 0 Å². The molecule has 0 saturated carbocycles. The minimum absolute atomic E-state index is 0.528. The molecule has 45 heavy (non-hydrogen) atoms. The van der Waals surface area contributed by atoms with Crippen LogP contribution in [0.15, 0.2) is 170 Å². The molecular weight excluding hydrogens is 826 g/mol. The van der Waals surface area contributed by atoms with E-state index in [4.69, 9.17) is 0 Å². The van der Waals surface area contributed by atoms with Gasteiger partial charge in [0, 0.05) is 12.3 Å². The van der Waals surface area contributed by atoms with Gasteiger partial charge in [-0.2, -0.15) is 0 Å². The van der Waals surface area contributed by atoms with Crippen molar-refractivity contribution in [1.29, 1.82) is 0 Å². The summed E-state index contributed by atoms with van der Waals surface area (Å²) in [4.78, 5) is 0. The average Bonchev–Trinajstić information content (AvgIpc) is 3.12. The summed E-state index contributed by atoms with van der Waals surface area (Å²) in [6.07, 6.45) is 2.03. The van der Waals surface area contributed by atoms with E-state index in [1.165, 1.54) is 43.5 Å². The smallest absolute Gasteiger partial charge is 0.00136 e. The molecule has 0 saturated heterocycles. The van der Waals surface area contributed by atoms with E-state index >= 15 is 0 Å². The van der Waals surface area contributed by atoms with Crippen molar-refractivity contribution in [2.45, 2.75) is 12.3 Å². The number of hydrogen-bond donors (Lipinski definition) is 0. The van der Waals surface area contributed by atoms with Crippen molar-refractivity contribution in [2.24, 2.45) is 0 Å². The van der Waals surface area contributed by atoms with Crippen LogP contribution < -0.4 is 21.2 Å². The standard InChI is InChI=1S/C38H32P2.B2I2S/c1-5-19-33(20-6-1)39(34-21-7-2-8-22-34)29-31-17-13-15-27-37(31)38-28-16-14-18-32(38)30-40(35-23-9-3-10-24-35)36-25-11-4-12-26-36;3-1-5-2-4/h1-28H,29-30H2;. The van der Waals surface area contributed by atoms with Crippen LogP contribution >= 0.6 is 71.2 Å². The molecule has 0 fully saturated rings. The predicted octanol–water partition coefficient (Wildman–Crippen LogP) is 10.3. The minimum atomic E-state index is -0.528. The first-order valence-electron chi connectivity index (χ1n) is 14.7. The van der Waals surface area contributed by atoms with Crippen molar-refractivity contribution in [1.82, 2.24) is 0 Å². The Morgan fingerprint density at radius 2 is 0.644 bits per heavy atom. The first-order valence-corrected chi connectivity index (χ1v) is 21.2. The Hall–Kier alpha value is -2.01. The van der Waals surface area contributed by atoms with Gasteiger partial charge in [0.15, 0.2) is 0 Å². The van der Waals surface area contributed by atoms with Crippen LogP contribution in [0.5, 0.6) is 0 Å². The third kappa shape index (κ3) is 9.99. The van der Waals surface area contributed by atoms with Crippen molar-refractivity contribution in [3.8, 4) is 11.1 Å². The van der Waals surface area contributed by atoms with Crippen LogP contribution in [0.25, 0.3) is 11.1 Å². The predicted molar refractivity (Wildman–Crippen MR) is 225 cm³/mol. The monoisotopic (exact) mass is 858 g/mol. The van der Waals surface area contributed by atoms with Crippen molar-refractivity contribution in [3.63, 3.8) is 0 Å². The quantitative estimate of drug-likeness (QED) is 0.0772. The molecule has 0 bridgehead atoms. The van der Waals surface area contributed by atoms with Gasteiger partial charge in [-0.15, -0.1) is 0 Å². The Morgan fingerprint density at radius 1 is 0.378 bits per heavy atom. The number of benzene rings is 6. The van der Waals surface area contributed by atoms with Crippen LogP contribution in [0.4, 0.5) is 0 Å². The zero-order chi connectivity index (χ0) is 31.1. The molecule has 0 unspecified atom stereocenters. The Kier molecular flexibility index (Phi) is 14.5. The summed E-state index contributed by atoms with van der Waals surface area (Å²) in [6.45, 7) is 0. The molecule has 0 radical (unpaired) electrons. The van der Waals surface area contributed by atoms with Crippen molar-refractivity contribution in [3.05, 3.63) is 181 Å². The van der Waals surface area contributed by atoms with E-state index in [-0.39, 0.29) is 0 Å². The van der Waals surface area contributed by atoms with Gasteiger partial charge in [-0.1, -0.05) is 170 Å². The molecular formula is C38H32B2I2P2S. The Bertz CT molecular complexity index is 1610. The summed E-state index contributed by atoms with van der Waals surface area (Å²) in [5, 5.41) is 5.68. The normalized spacial score (nSPS) is 10.4. The van der Waals surface area contributed by atoms with E-state index in [1.807, 2.05) is 8.02 Å². The van der Waals surface area contributed by atoms with E-state index in [0.717, 1.165) is 12.3 Å². The van der Waals surface area contributed by atoms with Crippen LogP contribution in [0, 0.1) is 0 Å². The molecule has 0 spiro atoms. The summed E-state index contributed by atoms with van der Waals surface area (Å²) >= 11 is 4.38. The summed E-state index contributed by atoms with van der Waals surface area (Å²) in [6, 6.07) is 62.3. The summed E-state index contributed by atoms with van der Waals surface area (Å²) in [5.74, 6) is 0. The van der Waals surface area contributed by atoms with Crippen molar-refractivity contribution >= 4 is 100 Å². The van der Waals surface area contributed by atoms with Crippen molar-refractivity contribution < 1.29 is 0 Å². The molecule has 0 atom stereocenters. The first kappa shape index (κ1) is 34.3. The zero-order valence-electron chi connectivity index (χ0n) is 24.8. The fourth-order valence-corrected chi connectivity index (χ4v) is 12.6. The van der Waals surface area contributed by atoms with Crippen LogP contribution in [-0.2, 0) is 12.3 Å². The largest absolute Gasteiger partial charge is 0.0622 e. The molecule has 0 amide bonds. The SMILES string of the molecule is IB=S=BI.c1ccc(P(Cc2ccccc2-c2ccccc2CP(c2ccccc2)c2ccccc2)c2ccccc2)cc1. The van der Waals surface area contributed by atoms with Gasteiger partial charge in [-0.25, -0.2) is 0 Å². The molecule has 6 aromatic rings. The number of hydrogen-bond acceptors (Lipinski definition) is 0. The maximum absolute atomic E-state index is 2.34. The molecule has 0 nitrogen and oxygen atoms in total. The molecule has 0 heterocycles. The van der Waals surface area contributed by atoms with Gasteiger partial charge >= 0.3 is 63.4 Å². The molecule has 6 rings (SSSR count). The maximum Gasteiger partial charge on any atom is 0.00136 e. The molecule has 220 valence electrons. The van der Waals surface area contributed by atoms with E-state index in [1.54, 1.807) is 10.6 Å². The second-order valence-electron chi connectivity index (χ2n) is 10.1. The van der Waals surface area contributed by atoms with Gasteiger partial charge < -0.3 is 0 Å². The van der Waals surface area contributed by atoms with Gasteiger partial charge in [-0.3, -0.25) is 0 Å². The van der Waals surface area contributed by atoms with Gasteiger partial charge in [0.05, 0.1) is 0 Å². The second-order valence-corrected chi connectivity index (χ2v) is 18.2. The van der Waals surface area contributed by atoms with Crippen LogP contribution in [0.2, 0.25) is 0 Å². The Balaban J connectivity index is 0.000000743. The van der Waals surface area contributed by atoms with Crippen LogP contribution in [0.1, 0.15) is 11.1 Å². The number of halogens is 2. The Labute approximate surface area is 302 Å². The van der Waals surface area contributed by atoms with E-state index in [2.05, 4.69) is 215 Å². The van der Waals surface area contributed by atoms with E-state index in [0.29, 0.717) is 0 Å². The average molecular weight is 858 g/mol.